The van der Waals surface area contributed by atoms with Gasteiger partial charge >= 0.3 is 0 Å². The van der Waals surface area contributed by atoms with Crippen molar-refractivity contribution in [2.24, 2.45) is 0 Å². The Morgan fingerprint density at radius 1 is 1.35 bits per heavy atom. The van der Waals surface area contributed by atoms with Gasteiger partial charge in [-0.2, -0.15) is 0 Å². The lowest BCUT2D eigenvalue weighted by molar-refractivity contribution is -0.120. The summed E-state index contributed by atoms with van der Waals surface area (Å²) in [5.74, 6) is 1.75. The second kappa shape index (κ2) is 9.12. The highest BCUT2D eigenvalue weighted by atomic mass is 32.2. The lowest BCUT2D eigenvalue weighted by Crippen LogP contribution is -2.32. The Morgan fingerprint density at radius 2 is 2.15 bits per heavy atom. The topological polar surface area (TPSA) is 76.2 Å². The van der Waals surface area contributed by atoms with Gasteiger partial charge in [-0.3, -0.25) is 9.36 Å². The highest BCUT2D eigenvalue weighted by Gasteiger charge is 2.24. The summed E-state index contributed by atoms with van der Waals surface area (Å²) in [4.78, 5) is 14.5. The maximum Gasteiger partial charge on any atom is 0.233 e. The minimum absolute atomic E-state index is 0.0314. The summed E-state index contributed by atoms with van der Waals surface area (Å²) in [6.07, 6.45) is 6.21. The highest BCUT2D eigenvalue weighted by molar-refractivity contribution is 8.00. The molecule has 8 heteroatoms. The molecule has 2 aromatic heterocycles. The Morgan fingerprint density at radius 3 is 2.85 bits per heavy atom. The Bertz CT molecular complexity index is 695. The number of furan rings is 1. The van der Waals surface area contributed by atoms with E-state index in [0.717, 1.165) is 36.4 Å². The smallest absolute Gasteiger partial charge is 0.233 e. The minimum atomic E-state index is -0.227. The van der Waals surface area contributed by atoms with E-state index in [1.807, 2.05) is 26.0 Å². The zero-order valence-electron chi connectivity index (χ0n) is 15.5. The number of amides is 1. The fraction of sp³-hybridized carbons (Fsp3) is 0.611. The van der Waals surface area contributed by atoms with Crippen LogP contribution >= 0.6 is 11.8 Å². The highest BCUT2D eigenvalue weighted by Crippen LogP contribution is 2.28. The van der Waals surface area contributed by atoms with E-state index < -0.39 is 0 Å². The normalized spacial score (nSPS) is 15.8. The third-order valence-corrected chi connectivity index (χ3v) is 5.51. The SMILES string of the molecule is CCCNC(=O)[C@H](C)Sc1nnc(N2CCCCC2)n1Cc1ccco1. The van der Waals surface area contributed by atoms with Crippen molar-refractivity contribution in [2.45, 2.75) is 56.5 Å². The summed E-state index contributed by atoms with van der Waals surface area (Å²) >= 11 is 1.44. The molecule has 1 fully saturated rings. The molecule has 1 saturated heterocycles. The van der Waals surface area contributed by atoms with Crippen molar-refractivity contribution < 1.29 is 9.21 Å². The van der Waals surface area contributed by atoms with Gasteiger partial charge in [-0.25, -0.2) is 0 Å². The van der Waals surface area contributed by atoms with E-state index >= 15 is 0 Å². The van der Waals surface area contributed by atoms with Crippen LogP contribution in [0.4, 0.5) is 5.95 Å². The molecule has 1 aliphatic heterocycles. The number of hydrogen-bond acceptors (Lipinski definition) is 6. The van der Waals surface area contributed by atoms with E-state index in [1.54, 1.807) is 6.26 Å². The number of hydrogen-bond donors (Lipinski definition) is 1. The van der Waals surface area contributed by atoms with Crippen LogP contribution in [0, 0.1) is 0 Å². The van der Waals surface area contributed by atoms with E-state index in [4.69, 9.17) is 4.42 Å². The summed E-state index contributed by atoms with van der Waals surface area (Å²) in [6.45, 7) is 7.20. The lowest BCUT2D eigenvalue weighted by Gasteiger charge is -2.27. The number of piperidine rings is 1. The molecule has 1 N–H and O–H groups in total. The van der Waals surface area contributed by atoms with Gasteiger partial charge in [-0.1, -0.05) is 18.7 Å². The van der Waals surface area contributed by atoms with E-state index in [-0.39, 0.29) is 11.2 Å². The van der Waals surface area contributed by atoms with Gasteiger partial charge in [0.15, 0.2) is 5.16 Å². The quantitative estimate of drug-likeness (QED) is 0.713. The molecular formula is C18H27N5O2S. The molecule has 0 unspecified atom stereocenters. The molecule has 3 heterocycles. The molecule has 1 atom stereocenters. The fourth-order valence-electron chi connectivity index (χ4n) is 3.00. The van der Waals surface area contributed by atoms with Crippen LogP contribution in [0.3, 0.4) is 0 Å². The number of carbonyl (C=O) groups excluding carboxylic acids is 1. The zero-order chi connectivity index (χ0) is 18.4. The Kier molecular flexibility index (Phi) is 6.60. The summed E-state index contributed by atoms with van der Waals surface area (Å²) < 4.78 is 7.59. The number of nitrogens with one attached hydrogen (secondary N) is 1. The second-order valence-electron chi connectivity index (χ2n) is 6.55. The van der Waals surface area contributed by atoms with E-state index in [0.29, 0.717) is 13.1 Å². The number of thioether (sulfide) groups is 1. The number of anilines is 1. The van der Waals surface area contributed by atoms with Crippen LogP contribution in [-0.2, 0) is 11.3 Å². The fourth-order valence-corrected chi connectivity index (χ4v) is 3.86. The third-order valence-electron chi connectivity index (χ3n) is 4.43. The van der Waals surface area contributed by atoms with Crippen molar-refractivity contribution in [3.63, 3.8) is 0 Å². The summed E-state index contributed by atoms with van der Waals surface area (Å²) in [5.41, 5.74) is 0. The standard InChI is InChI=1S/C18H27N5O2S/c1-3-9-19-16(24)14(2)26-18-21-20-17(22-10-5-4-6-11-22)23(18)13-15-8-7-12-25-15/h7-8,12,14H,3-6,9-11,13H2,1-2H3,(H,19,24)/t14-/m0/s1. The van der Waals surface area contributed by atoms with Crippen LogP contribution in [0.2, 0.25) is 0 Å². The molecule has 0 saturated carbocycles. The Labute approximate surface area is 158 Å². The Hall–Kier alpha value is -1.96. The third kappa shape index (κ3) is 4.60. The molecular weight excluding hydrogens is 350 g/mol. The van der Waals surface area contributed by atoms with Gasteiger partial charge in [-0.15, -0.1) is 10.2 Å². The molecule has 0 bridgehead atoms. The number of carbonyl (C=O) groups is 1. The van der Waals surface area contributed by atoms with Gasteiger partial charge in [0, 0.05) is 19.6 Å². The Balaban J connectivity index is 1.79. The van der Waals surface area contributed by atoms with Crippen LogP contribution in [0.1, 0.15) is 45.3 Å². The molecule has 2 aromatic rings. The van der Waals surface area contributed by atoms with E-state index in [1.165, 1.54) is 31.0 Å². The molecule has 7 nitrogen and oxygen atoms in total. The van der Waals surface area contributed by atoms with Crippen molar-refractivity contribution in [3.8, 4) is 0 Å². The van der Waals surface area contributed by atoms with Crippen LogP contribution in [0.5, 0.6) is 0 Å². The average Bonchev–Trinajstić information content (AvgIpc) is 3.31. The number of aromatic nitrogens is 3. The van der Waals surface area contributed by atoms with Gasteiger partial charge in [0.1, 0.15) is 5.76 Å². The average molecular weight is 378 g/mol. The summed E-state index contributed by atoms with van der Waals surface area (Å²) in [7, 11) is 0. The van der Waals surface area contributed by atoms with Gasteiger partial charge < -0.3 is 14.6 Å². The molecule has 1 amide bonds. The van der Waals surface area contributed by atoms with Gasteiger partial charge in [0.25, 0.3) is 0 Å². The van der Waals surface area contributed by atoms with Crippen LogP contribution < -0.4 is 10.2 Å². The van der Waals surface area contributed by atoms with Crippen LogP contribution in [0.15, 0.2) is 28.0 Å². The van der Waals surface area contributed by atoms with Gasteiger partial charge in [0.05, 0.1) is 18.1 Å². The van der Waals surface area contributed by atoms with E-state index in [2.05, 4.69) is 25.0 Å². The first-order valence-electron chi connectivity index (χ1n) is 9.34. The molecule has 0 radical (unpaired) electrons. The maximum atomic E-state index is 12.2. The monoisotopic (exact) mass is 377 g/mol. The minimum Gasteiger partial charge on any atom is -0.467 e. The second-order valence-corrected chi connectivity index (χ2v) is 7.85. The van der Waals surface area contributed by atoms with Crippen molar-refractivity contribution in [3.05, 3.63) is 24.2 Å². The summed E-state index contributed by atoms with van der Waals surface area (Å²) in [5, 5.41) is 12.3. The number of rotatable bonds is 8. The van der Waals surface area contributed by atoms with Crippen LogP contribution in [-0.4, -0.2) is 45.6 Å². The molecule has 1 aliphatic rings. The first-order chi connectivity index (χ1) is 12.7. The molecule has 0 spiro atoms. The van der Waals surface area contributed by atoms with E-state index in [9.17, 15) is 4.79 Å². The molecule has 0 aliphatic carbocycles. The van der Waals surface area contributed by atoms with Crippen molar-refractivity contribution in [1.29, 1.82) is 0 Å². The molecule has 26 heavy (non-hydrogen) atoms. The largest absolute Gasteiger partial charge is 0.467 e. The first kappa shape index (κ1) is 18.8. The zero-order valence-corrected chi connectivity index (χ0v) is 16.3. The molecule has 3 rings (SSSR count). The first-order valence-corrected chi connectivity index (χ1v) is 10.2. The molecule has 0 aromatic carbocycles. The number of nitrogens with zero attached hydrogens (tertiary/aromatic N) is 4. The van der Waals surface area contributed by atoms with Gasteiger partial charge in [-0.05, 0) is 44.7 Å². The summed E-state index contributed by atoms with van der Waals surface area (Å²) in [6, 6.07) is 3.83. The maximum absolute atomic E-state index is 12.2. The van der Waals surface area contributed by atoms with Crippen molar-refractivity contribution >= 4 is 23.6 Å². The van der Waals surface area contributed by atoms with Gasteiger partial charge in [0.2, 0.25) is 11.9 Å². The molecule has 142 valence electrons. The van der Waals surface area contributed by atoms with Crippen molar-refractivity contribution in [1.82, 2.24) is 20.1 Å². The van der Waals surface area contributed by atoms with Crippen molar-refractivity contribution in [2.75, 3.05) is 24.5 Å². The predicted molar refractivity (Wildman–Crippen MR) is 103 cm³/mol. The lowest BCUT2D eigenvalue weighted by atomic mass is 10.1. The van der Waals surface area contributed by atoms with Crippen LogP contribution in [0.25, 0.3) is 0 Å². The predicted octanol–water partition coefficient (Wildman–Crippen LogP) is 2.92.